The normalized spacial score (nSPS) is 18.6. The number of carbonyl (C=O) groups is 2. The molecule has 0 aliphatic heterocycles. The van der Waals surface area contributed by atoms with Crippen molar-refractivity contribution in [3.63, 3.8) is 0 Å². The molecule has 25 heavy (non-hydrogen) atoms. The van der Waals surface area contributed by atoms with Crippen LogP contribution in [0.15, 0.2) is 36.4 Å². The van der Waals surface area contributed by atoms with E-state index in [1.54, 1.807) is 18.2 Å². The maximum atomic E-state index is 12.4. The molecule has 130 valence electrons. The van der Waals surface area contributed by atoms with Crippen LogP contribution >= 0.6 is 23.2 Å². The van der Waals surface area contributed by atoms with E-state index in [9.17, 15) is 9.59 Å². The summed E-state index contributed by atoms with van der Waals surface area (Å²) in [4.78, 5) is 24.7. The summed E-state index contributed by atoms with van der Waals surface area (Å²) in [5, 5.41) is 6.50. The van der Waals surface area contributed by atoms with E-state index in [2.05, 4.69) is 10.6 Å². The quantitative estimate of drug-likeness (QED) is 0.802. The van der Waals surface area contributed by atoms with Crippen molar-refractivity contribution in [1.82, 2.24) is 0 Å². The highest BCUT2D eigenvalue weighted by Gasteiger charge is 2.48. The Kier molecular flexibility index (Phi) is 5.02. The Morgan fingerprint density at radius 2 is 1.60 bits per heavy atom. The molecule has 2 amide bonds. The second-order valence-electron chi connectivity index (χ2n) is 6.37. The molecule has 4 nitrogen and oxygen atoms in total. The zero-order chi connectivity index (χ0) is 18.1. The van der Waals surface area contributed by atoms with Crippen LogP contribution in [0.5, 0.6) is 0 Å². The number of aryl methyl sites for hydroxylation is 2. The van der Waals surface area contributed by atoms with Crippen molar-refractivity contribution in [3.05, 3.63) is 57.6 Å². The Morgan fingerprint density at radius 1 is 0.920 bits per heavy atom. The van der Waals surface area contributed by atoms with Gasteiger partial charge in [-0.15, -0.1) is 0 Å². The fraction of sp³-hybridized carbons (Fsp3) is 0.263. The first-order valence-electron chi connectivity index (χ1n) is 7.99. The Bertz CT molecular complexity index is 851. The molecule has 2 N–H and O–H groups in total. The molecular weight excluding hydrogens is 359 g/mol. The summed E-state index contributed by atoms with van der Waals surface area (Å²) >= 11 is 11.8. The van der Waals surface area contributed by atoms with E-state index in [1.165, 1.54) is 0 Å². The van der Waals surface area contributed by atoms with Crippen LogP contribution in [0.2, 0.25) is 10.0 Å². The van der Waals surface area contributed by atoms with Crippen LogP contribution in [-0.2, 0) is 9.59 Å². The minimum absolute atomic E-state index is 0.122. The molecule has 3 rings (SSSR count). The van der Waals surface area contributed by atoms with Crippen molar-refractivity contribution in [2.45, 2.75) is 20.3 Å². The molecule has 1 aliphatic carbocycles. The van der Waals surface area contributed by atoms with Crippen molar-refractivity contribution >= 4 is 46.4 Å². The number of nitrogens with one attached hydrogen (secondary N) is 2. The number of anilines is 2. The summed E-state index contributed by atoms with van der Waals surface area (Å²) in [6.45, 7) is 3.91. The van der Waals surface area contributed by atoms with Gasteiger partial charge in [-0.05, 0) is 55.7 Å². The summed E-state index contributed by atoms with van der Waals surface area (Å²) in [5.74, 6) is -0.926. The van der Waals surface area contributed by atoms with Crippen LogP contribution < -0.4 is 10.6 Å². The lowest BCUT2D eigenvalue weighted by Crippen LogP contribution is -2.21. The van der Waals surface area contributed by atoms with Gasteiger partial charge in [0, 0.05) is 11.4 Å². The highest BCUT2D eigenvalue weighted by molar-refractivity contribution is 6.42. The fourth-order valence-corrected chi connectivity index (χ4v) is 2.98. The molecule has 0 spiro atoms. The summed E-state index contributed by atoms with van der Waals surface area (Å²) in [7, 11) is 0. The first kappa shape index (κ1) is 17.8. The molecule has 1 aliphatic rings. The summed E-state index contributed by atoms with van der Waals surface area (Å²) in [6, 6.07) is 10.8. The highest BCUT2D eigenvalue weighted by atomic mass is 35.5. The molecule has 2 aromatic carbocycles. The smallest absolute Gasteiger partial charge is 0.228 e. The van der Waals surface area contributed by atoms with Gasteiger partial charge in [-0.25, -0.2) is 0 Å². The largest absolute Gasteiger partial charge is 0.326 e. The van der Waals surface area contributed by atoms with Crippen LogP contribution in [0.25, 0.3) is 0 Å². The molecule has 2 atom stereocenters. The van der Waals surface area contributed by atoms with Crippen LogP contribution in [-0.4, -0.2) is 11.8 Å². The van der Waals surface area contributed by atoms with Gasteiger partial charge >= 0.3 is 0 Å². The molecule has 0 aromatic heterocycles. The predicted octanol–water partition coefficient (Wildman–Crippen LogP) is 4.82. The maximum Gasteiger partial charge on any atom is 0.228 e. The molecule has 0 heterocycles. The number of carbonyl (C=O) groups excluding carboxylic acids is 2. The van der Waals surface area contributed by atoms with Crippen LogP contribution in [0.1, 0.15) is 17.5 Å². The number of halogens is 2. The lowest BCUT2D eigenvalue weighted by Gasteiger charge is -2.09. The Labute approximate surface area is 156 Å². The summed E-state index contributed by atoms with van der Waals surface area (Å²) in [5.41, 5.74) is 3.43. The second kappa shape index (κ2) is 7.06. The zero-order valence-corrected chi connectivity index (χ0v) is 15.4. The fourth-order valence-electron chi connectivity index (χ4n) is 2.68. The van der Waals surface area contributed by atoms with Crippen molar-refractivity contribution in [3.8, 4) is 0 Å². The van der Waals surface area contributed by atoms with Gasteiger partial charge in [0.05, 0.1) is 21.9 Å². The molecule has 2 unspecified atom stereocenters. The van der Waals surface area contributed by atoms with Gasteiger partial charge in [0.1, 0.15) is 0 Å². The highest BCUT2D eigenvalue weighted by Crippen LogP contribution is 2.40. The van der Waals surface area contributed by atoms with Crippen molar-refractivity contribution in [2.24, 2.45) is 11.8 Å². The molecule has 0 radical (unpaired) electrons. The third-order valence-electron chi connectivity index (χ3n) is 4.30. The second-order valence-corrected chi connectivity index (χ2v) is 7.19. The first-order valence-corrected chi connectivity index (χ1v) is 8.75. The van der Waals surface area contributed by atoms with Crippen LogP contribution in [0, 0.1) is 25.7 Å². The number of hydrogen-bond acceptors (Lipinski definition) is 2. The van der Waals surface area contributed by atoms with Crippen LogP contribution in [0.4, 0.5) is 11.4 Å². The molecule has 1 saturated carbocycles. The SMILES string of the molecule is Cc1ccc(C)c(NC(=O)C2CC2C(=O)Nc2ccc(Cl)c(Cl)c2)c1. The van der Waals surface area contributed by atoms with Gasteiger partial charge in [-0.2, -0.15) is 0 Å². The molecule has 0 saturated heterocycles. The number of hydrogen-bond donors (Lipinski definition) is 2. The lowest BCUT2D eigenvalue weighted by atomic mass is 10.1. The Morgan fingerprint density at radius 3 is 2.28 bits per heavy atom. The van der Waals surface area contributed by atoms with E-state index in [1.807, 2.05) is 32.0 Å². The van der Waals surface area contributed by atoms with E-state index >= 15 is 0 Å². The number of rotatable bonds is 4. The van der Waals surface area contributed by atoms with Gasteiger partial charge in [-0.3, -0.25) is 9.59 Å². The lowest BCUT2D eigenvalue weighted by molar-refractivity contribution is -0.122. The third-order valence-corrected chi connectivity index (χ3v) is 5.04. The standard InChI is InChI=1S/C19H18Cl2N2O2/c1-10-3-4-11(2)17(7-10)23-19(25)14-9-13(14)18(24)22-12-5-6-15(20)16(21)8-12/h3-8,13-14H,9H2,1-2H3,(H,22,24)(H,23,25). The van der Waals surface area contributed by atoms with Crippen molar-refractivity contribution in [1.29, 1.82) is 0 Å². The minimum atomic E-state index is -0.320. The first-order chi connectivity index (χ1) is 11.8. The van der Waals surface area contributed by atoms with Crippen molar-refractivity contribution < 1.29 is 9.59 Å². The molecule has 2 aromatic rings. The van der Waals surface area contributed by atoms with Gasteiger partial charge in [0.15, 0.2) is 0 Å². The predicted molar refractivity (Wildman–Crippen MR) is 101 cm³/mol. The Hall–Kier alpha value is -2.04. The Balaban J connectivity index is 1.59. The molecule has 6 heteroatoms. The van der Waals surface area contributed by atoms with Gasteiger partial charge in [0.25, 0.3) is 0 Å². The molecule has 1 fully saturated rings. The maximum absolute atomic E-state index is 12.4. The summed E-state index contributed by atoms with van der Waals surface area (Å²) < 4.78 is 0. The number of benzene rings is 2. The van der Waals surface area contributed by atoms with E-state index < -0.39 is 0 Å². The molecule has 0 bridgehead atoms. The minimum Gasteiger partial charge on any atom is -0.326 e. The van der Waals surface area contributed by atoms with E-state index in [-0.39, 0.29) is 23.7 Å². The number of amides is 2. The zero-order valence-electron chi connectivity index (χ0n) is 13.9. The van der Waals surface area contributed by atoms with Gasteiger partial charge in [0.2, 0.25) is 11.8 Å². The van der Waals surface area contributed by atoms with E-state index in [0.717, 1.165) is 16.8 Å². The topological polar surface area (TPSA) is 58.2 Å². The van der Waals surface area contributed by atoms with Gasteiger partial charge in [-0.1, -0.05) is 35.3 Å². The summed E-state index contributed by atoms with van der Waals surface area (Å²) in [6.07, 6.45) is 0.545. The third kappa shape index (κ3) is 4.14. The van der Waals surface area contributed by atoms with E-state index in [0.29, 0.717) is 22.2 Å². The molecular formula is C19H18Cl2N2O2. The average molecular weight is 377 g/mol. The van der Waals surface area contributed by atoms with Crippen LogP contribution in [0.3, 0.4) is 0 Å². The monoisotopic (exact) mass is 376 g/mol. The average Bonchev–Trinajstić information content (AvgIpc) is 3.35. The van der Waals surface area contributed by atoms with E-state index in [4.69, 9.17) is 23.2 Å². The van der Waals surface area contributed by atoms with Gasteiger partial charge < -0.3 is 10.6 Å². The van der Waals surface area contributed by atoms with Crippen molar-refractivity contribution in [2.75, 3.05) is 10.6 Å².